The standard InChI is InChI=1S/C8H6Cl2F3NO2S/c1-4-2-5(9)7(6(10)3-4)14-17(15,16)8(11,12)13/h2-3,14H,1H3. The average molecular weight is 308 g/mol. The second-order valence-corrected chi connectivity index (χ2v) is 5.64. The van der Waals surface area contributed by atoms with Gasteiger partial charge in [-0.1, -0.05) is 23.2 Å². The van der Waals surface area contributed by atoms with E-state index in [4.69, 9.17) is 23.2 Å². The molecular weight excluding hydrogens is 302 g/mol. The van der Waals surface area contributed by atoms with Gasteiger partial charge in [-0.2, -0.15) is 21.6 Å². The maximum Gasteiger partial charge on any atom is 0.516 e. The van der Waals surface area contributed by atoms with Gasteiger partial charge in [-0.3, -0.25) is 4.72 Å². The molecule has 0 aromatic heterocycles. The van der Waals surface area contributed by atoms with Crippen molar-refractivity contribution in [3.8, 4) is 0 Å². The molecule has 0 saturated heterocycles. The third-order valence-electron chi connectivity index (χ3n) is 1.73. The highest BCUT2D eigenvalue weighted by molar-refractivity contribution is 7.93. The molecule has 1 rings (SSSR count). The summed E-state index contributed by atoms with van der Waals surface area (Å²) in [6.07, 6.45) is 0. The summed E-state index contributed by atoms with van der Waals surface area (Å²) in [6, 6.07) is 2.59. The van der Waals surface area contributed by atoms with E-state index < -0.39 is 21.2 Å². The number of hydrogen-bond donors (Lipinski definition) is 1. The Hall–Kier alpha value is -0.660. The van der Waals surface area contributed by atoms with E-state index in [0.29, 0.717) is 5.56 Å². The lowest BCUT2D eigenvalue weighted by Crippen LogP contribution is -2.30. The summed E-state index contributed by atoms with van der Waals surface area (Å²) in [5, 5.41) is -0.411. The molecule has 0 aliphatic carbocycles. The molecule has 0 radical (unpaired) electrons. The number of nitrogens with one attached hydrogen (secondary N) is 1. The number of hydrogen-bond acceptors (Lipinski definition) is 2. The molecule has 0 amide bonds. The quantitative estimate of drug-likeness (QED) is 0.908. The van der Waals surface area contributed by atoms with Gasteiger partial charge in [-0.05, 0) is 24.6 Å². The molecule has 1 N–H and O–H groups in total. The monoisotopic (exact) mass is 307 g/mol. The molecule has 0 aliphatic heterocycles. The summed E-state index contributed by atoms with van der Waals surface area (Å²) in [6.45, 7) is 1.61. The van der Waals surface area contributed by atoms with Crippen LogP contribution in [0, 0.1) is 6.92 Å². The molecule has 1 aromatic carbocycles. The minimum atomic E-state index is -5.53. The first-order chi connectivity index (χ1) is 7.54. The van der Waals surface area contributed by atoms with Crippen molar-refractivity contribution in [1.29, 1.82) is 0 Å². The normalized spacial score (nSPS) is 12.6. The maximum atomic E-state index is 12.1. The Morgan fingerprint density at radius 3 is 1.94 bits per heavy atom. The second-order valence-electron chi connectivity index (χ2n) is 3.15. The van der Waals surface area contributed by atoms with Crippen LogP contribution >= 0.6 is 23.2 Å². The highest BCUT2D eigenvalue weighted by Gasteiger charge is 2.46. The Morgan fingerprint density at radius 1 is 1.18 bits per heavy atom. The fourth-order valence-electron chi connectivity index (χ4n) is 0.990. The van der Waals surface area contributed by atoms with Crippen molar-refractivity contribution in [1.82, 2.24) is 0 Å². The van der Waals surface area contributed by atoms with Crippen molar-refractivity contribution in [2.75, 3.05) is 4.72 Å². The number of anilines is 1. The van der Waals surface area contributed by atoms with E-state index in [-0.39, 0.29) is 10.0 Å². The molecular formula is C8H6Cl2F3NO2S. The first-order valence-electron chi connectivity index (χ1n) is 4.09. The highest BCUT2D eigenvalue weighted by atomic mass is 35.5. The molecule has 0 spiro atoms. The Balaban J connectivity index is 3.22. The molecule has 96 valence electrons. The molecule has 17 heavy (non-hydrogen) atoms. The van der Waals surface area contributed by atoms with Crippen LogP contribution in [0.2, 0.25) is 10.0 Å². The van der Waals surface area contributed by atoms with E-state index >= 15 is 0 Å². The summed E-state index contributed by atoms with van der Waals surface area (Å²) in [5.41, 5.74) is -5.32. The largest absolute Gasteiger partial charge is 0.516 e. The van der Waals surface area contributed by atoms with Crippen molar-refractivity contribution in [2.45, 2.75) is 12.4 Å². The van der Waals surface area contributed by atoms with Crippen LogP contribution in [0.4, 0.5) is 18.9 Å². The van der Waals surface area contributed by atoms with Gasteiger partial charge in [-0.25, -0.2) is 0 Å². The zero-order valence-corrected chi connectivity index (χ0v) is 10.6. The third kappa shape index (κ3) is 3.17. The minimum Gasteiger partial charge on any atom is -0.273 e. The van der Waals surface area contributed by atoms with Gasteiger partial charge >= 0.3 is 15.5 Å². The second kappa shape index (κ2) is 4.55. The molecule has 0 bridgehead atoms. The smallest absolute Gasteiger partial charge is 0.273 e. The van der Waals surface area contributed by atoms with Crippen LogP contribution < -0.4 is 4.72 Å². The van der Waals surface area contributed by atoms with Gasteiger partial charge in [0.15, 0.2) is 0 Å². The number of halogens is 5. The minimum absolute atomic E-state index is 0.206. The Labute approximate surface area is 106 Å². The van der Waals surface area contributed by atoms with Crippen molar-refractivity contribution < 1.29 is 21.6 Å². The maximum absolute atomic E-state index is 12.1. The zero-order valence-electron chi connectivity index (χ0n) is 8.27. The number of benzene rings is 1. The summed E-state index contributed by atoms with van der Waals surface area (Å²) in [7, 11) is -5.53. The van der Waals surface area contributed by atoms with Crippen molar-refractivity contribution >= 4 is 38.9 Å². The molecule has 3 nitrogen and oxygen atoms in total. The van der Waals surface area contributed by atoms with Crippen LogP contribution in [0.1, 0.15) is 5.56 Å². The topological polar surface area (TPSA) is 46.2 Å². The van der Waals surface area contributed by atoms with Crippen LogP contribution in [0.25, 0.3) is 0 Å². The summed E-state index contributed by atoms with van der Waals surface area (Å²) in [4.78, 5) is 0. The molecule has 0 fully saturated rings. The fraction of sp³-hybridized carbons (Fsp3) is 0.250. The van der Waals surface area contributed by atoms with E-state index in [1.165, 1.54) is 16.9 Å². The molecule has 0 atom stereocenters. The third-order valence-corrected chi connectivity index (χ3v) is 3.41. The van der Waals surface area contributed by atoms with Gasteiger partial charge in [-0.15, -0.1) is 0 Å². The number of aryl methyl sites for hydroxylation is 1. The zero-order chi connectivity index (χ0) is 13.4. The lowest BCUT2D eigenvalue weighted by molar-refractivity contribution is -0.0429. The lowest BCUT2D eigenvalue weighted by atomic mass is 10.2. The first kappa shape index (κ1) is 14.4. The Bertz CT molecular complexity index is 519. The van der Waals surface area contributed by atoms with Crippen molar-refractivity contribution in [2.24, 2.45) is 0 Å². The number of alkyl halides is 3. The predicted molar refractivity (Wildman–Crippen MR) is 59.8 cm³/mol. The van der Waals surface area contributed by atoms with Gasteiger partial charge in [0.2, 0.25) is 0 Å². The first-order valence-corrected chi connectivity index (χ1v) is 6.33. The molecule has 9 heteroatoms. The fourth-order valence-corrected chi connectivity index (χ4v) is 2.40. The van der Waals surface area contributed by atoms with Crippen molar-refractivity contribution in [3.05, 3.63) is 27.7 Å². The van der Waals surface area contributed by atoms with Gasteiger partial charge in [0, 0.05) is 0 Å². The van der Waals surface area contributed by atoms with Crippen LogP contribution in [0.5, 0.6) is 0 Å². The molecule has 0 heterocycles. The van der Waals surface area contributed by atoms with E-state index in [2.05, 4.69) is 0 Å². The van der Waals surface area contributed by atoms with Crippen LogP contribution in [-0.4, -0.2) is 13.9 Å². The predicted octanol–water partition coefficient (Wildman–Crippen LogP) is 3.56. The van der Waals surface area contributed by atoms with E-state index in [0.717, 1.165) is 0 Å². The van der Waals surface area contributed by atoms with Gasteiger partial charge in [0.1, 0.15) is 0 Å². The van der Waals surface area contributed by atoms with Gasteiger partial charge in [0.05, 0.1) is 15.7 Å². The summed E-state index contributed by atoms with van der Waals surface area (Å²) in [5.74, 6) is 0. The van der Waals surface area contributed by atoms with Crippen molar-refractivity contribution in [3.63, 3.8) is 0 Å². The number of rotatable bonds is 2. The van der Waals surface area contributed by atoms with E-state index in [9.17, 15) is 21.6 Å². The van der Waals surface area contributed by atoms with E-state index in [1.54, 1.807) is 6.92 Å². The van der Waals surface area contributed by atoms with Gasteiger partial charge < -0.3 is 0 Å². The van der Waals surface area contributed by atoms with Gasteiger partial charge in [0.25, 0.3) is 0 Å². The van der Waals surface area contributed by atoms with Crippen LogP contribution in [-0.2, 0) is 10.0 Å². The number of sulfonamides is 1. The lowest BCUT2D eigenvalue weighted by Gasteiger charge is -2.13. The highest BCUT2D eigenvalue weighted by Crippen LogP contribution is 2.35. The molecule has 1 aromatic rings. The molecule has 0 saturated carbocycles. The Morgan fingerprint density at radius 2 is 1.59 bits per heavy atom. The van der Waals surface area contributed by atoms with Crippen LogP contribution in [0.15, 0.2) is 12.1 Å². The molecule has 0 unspecified atom stereocenters. The average Bonchev–Trinajstić information content (AvgIpc) is 2.09. The SMILES string of the molecule is Cc1cc(Cl)c(NS(=O)(=O)C(F)(F)F)c(Cl)c1. The summed E-state index contributed by atoms with van der Waals surface area (Å²) >= 11 is 11.2. The summed E-state index contributed by atoms with van der Waals surface area (Å²) < 4.78 is 59.4. The van der Waals surface area contributed by atoms with E-state index in [1.807, 2.05) is 0 Å². The molecule has 0 aliphatic rings. The Kier molecular flexibility index (Phi) is 3.85. The van der Waals surface area contributed by atoms with Crippen LogP contribution in [0.3, 0.4) is 0 Å².